The summed E-state index contributed by atoms with van der Waals surface area (Å²) in [7, 11) is 0. The molecule has 4 heteroatoms. The molecule has 0 aromatic heterocycles. The maximum atomic E-state index is 10.8. The van der Waals surface area contributed by atoms with Crippen molar-refractivity contribution < 1.29 is 9.90 Å². The van der Waals surface area contributed by atoms with E-state index in [4.69, 9.17) is 10.9 Å². The molecule has 0 aromatic rings. The molecular formula is C9H16N2O2. The third-order valence-corrected chi connectivity index (χ3v) is 3.27. The minimum Gasteiger partial charge on any atom is -0.481 e. The van der Waals surface area contributed by atoms with Crippen LogP contribution in [0, 0.1) is 17.3 Å². The van der Waals surface area contributed by atoms with Crippen molar-refractivity contribution in [1.29, 1.82) is 0 Å². The lowest BCUT2D eigenvalue weighted by molar-refractivity contribution is -0.155. The lowest BCUT2D eigenvalue weighted by atomic mass is 9.53. The molecule has 13 heavy (non-hydrogen) atoms. The second kappa shape index (κ2) is 3.01. The summed E-state index contributed by atoms with van der Waals surface area (Å²) in [6.07, 6.45) is 0.662. The Morgan fingerprint density at radius 3 is 2.38 bits per heavy atom. The monoisotopic (exact) mass is 184 g/mol. The first kappa shape index (κ1) is 10.0. The fourth-order valence-corrected chi connectivity index (χ4v) is 2.14. The Labute approximate surface area is 77.8 Å². The number of hydrogen-bond acceptors (Lipinski definition) is 3. The summed E-state index contributed by atoms with van der Waals surface area (Å²) in [5.74, 6) is 4.41. The van der Waals surface area contributed by atoms with Crippen LogP contribution in [-0.4, -0.2) is 16.8 Å². The highest BCUT2D eigenvalue weighted by Gasteiger charge is 2.52. The zero-order valence-electron chi connectivity index (χ0n) is 8.24. The number of hydrazone groups is 1. The van der Waals surface area contributed by atoms with Crippen LogP contribution in [0.2, 0.25) is 0 Å². The van der Waals surface area contributed by atoms with Crippen LogP contribution in [0.25, 0.3) is 0 Å². The molecule has 74 valence electrons. The summed E-state index contributed by atoms with van der Waals surface area (Å²) >= 11 is 0. The highest BCUT2D eigenvalue weighted by molar-refractivity contribution is 5.88. The maximum absolute atomic E-state index is 10.8. The number of carboxylic acid groups (broad SMARTS) is 1. The summed E-state index contributed by atoms with van der Waals surface area (Å²) in [5.41, 5.74) is 0.640. The number of hydrogen-bond donors (Lipinski definition) is 2. The van der Waals surface area contributed by atoms with Gasteiger partial charge in [0.05, 0.1) is 5.92 Å². The molecule has 1 rings (SSSR count). The molecule has 1 aliphatic carbocycles. The largest absolute Gasteiger partial charge is 0.481 e. The van der Waals surface area contributed by atoms with Gasteiger partial charge in [0.2, 0.25) is 0 Å². The molecule has 0 spiro atoms. The van der Waals surface area contributed by atoms with Gasteiger partial charge in [-0.3, -0.25) is 4.79 Å². The zero-order chi connectivity index (χ0) is 10.2. The minimum atomic E-state index is -0.717. The summed E-state index contributed by atoms with van der Waals surface area (Å²) in [6, 6.07) is 0. The Morgan fingerprint density at radius 1 is 1.54 bits per heavy atom. The average Bonchev–Trinajstić information content (AvgIpc) is 2.01. The van der Waals surface area contributed by atoms with Gasteiger partial charge >= 0.3 is 5.97 Å². The van der Waals surface area contributed by atoms with Crippen molar-refractivity contribution in [2.45, 2.75) is 27.2 Å². The Balaban J connectivity index is 2.75. The van der Waals surface area contributed by atoms with Gasteiger partial charge in [-0.05, 0) is 18.8 Å². The van der Waals surface area contributed by atoms with E-state index in [0.717, 1.165) is 5.71 Å². The fraction of sp³-hybridized carbons (Fsp3) is 0.778. The lowest BCUT2D eigenvalue weighted by Crippen LogP contribution is -2.51. The lowest BCUT2D eigenvalue weighted by Gasteiger charge is -2.49. The molecule has 0 aliphatic heterocycles. The molecular weight excluding hydrogens is 168 g/mol. The molecule has 0 saturated heterocycles. The highest BCUT2D eigenvalue weighted by Crippen LogP contribution is 2.51. The number of rotatable bonds is 2. The van der Waals surface area contributed by atoms with Gasteiger partial charge in [-0.25, -0.2) is 0 Å². The Hall–Kier alpha value is -1.06. The van der Waals surface area contributed by atoms with Crippen molar-refractivity contribution >= 4 is 11.7 Å². The average molecular weight is 184 g/mol. The number of carboxylic acids is 1. The summed E-state index contributed by atoms with van der Waals surface area (Å²) in [6.45, 7) is 5.76. The second-order valence-electron chi connectivity index (χ2n) is 4.27. The predicted molar refractivity (Wildman–Crippen MR) is 50.3 cm³/mol. The van der Waals surface area contributed by atoms with E-state index in [-0.39, 0.29) is 17.3 Å². The highest BCUT2D eigenvalue weighted by atomic mass is 16.4. The minimum absolute atomic E-state index is 0.210. The van der Waals surface area contributed by atoms with Crippen molar-refractivity contribution in [3.63, 3.8) is 0 Å². The van der Waals surface area contributed by atoms with Gasteiger partial charge in [0.15, 0.2) is 0 Å². The van der Waals surface area contributed by atoms with Gasteiger partial charge in [-0.2, -0.15) is 5.10 Å². The van der Waals surface area contributed by atoms with Gasteiger partial charge in [-0.15, -0.1) is 0 Å². The van der Waals surface area contributed by atoms with Gasteiger partial charge < -0.3 is 10.9 Å². The molecule has 0 unspecified atom stereocenters. The van der Waals surface area contributed by atoms with Crippen molar-refractivity contribution in [1.82, 2.24) is 0 Å². The first-order valence-electron chi connectivity index (χ1n) is 4.38. The van der Waals surface area contributed by atoms with E-state index >= 15 is 0 Å². The molecule has 0 bridgehead atoms. The molecule has 0 amide bonds. The van der Waals surface area contributed by atoms with Gasteiger partial charge in [0, 0.05) is 11.6 Å². The number of nitrogens with two attached hydrogens (primary N) is 1. The van der Waals surface area contributed by atoms with E-state index in [1.165, 1.54) is 0 Å². The first-order valence-corrected chi connectivity index (χ1v) is 4.38. The Bertz CT molecular complexity index is 258. The SMILES string of the molecule is C/C(=N\N)[C@@H]1C[C@H](C(=O)O)C1(C)C. The molecule has 1 aliphatic rings. The van der Waals surface area contributed by atoms with E-state index in [0.29, 0.717) is 6.42 Å². The van der Waals surface area contributed by atoms with Gasteiger partial charge in [0.1, 0.15) is 0 Å². The Kier molecular flexibility index (Phi) is 2.32. The van der Waals surface area contributed by atoms with Crippen LogP contribution in [0.1, 0.15) is 27.2 Å². The summed E-state index contributed by atoms with van der Waals surface area (Å²) in [5, 5.41) is 12.5. The van der Waals surface area contributed by atoms with Crippen LogP contribution in [0.4, 0.5) is 0 Å². The third kappa shape index (κ3) is 1.41. The zero-order valence-corrected chi connectivity index (χ0v) is 8.24. The molecule has 0 heterocycles. The van der Waals surface area contributed by atoms with Crippen molar-refractivity contribution in [2.24, 2.45) is 28.2 Å². The van der Waals surface area contributed by atoms with E-state index in [1.54, 1.807) is 0 Å². The van der Waals surface area contributed by atoms with Crippen LogP contribution in [0.15, 0.2) is 5.10 Å². The molecule has 3 N–H and O–H groups in total. The normalized spacial score (nSPS) is 32.4. The van der Waals surface area contributed by atoms with Gasteiger partial charge in [-0.1, -0.05) is 13.8 Å². The summed E-state index contributed by atoms with van der Waals surface area (Å²) < 4.78 is 0. The van der Waals surface area contributed by atoms with Crippen molar-refractivity contribution in [2.75, 3.05) is 0 Å². The molecule has 1 saturated carbocycles. The smallest absolute Gasteiger partial charge is 0.307 e. The quantitative estimate of drug-likeness (QED) is 0.383. The number of aliphatic carboxylic acids is 1. The van der Waals surface area contributed by atoms with E-state index in [2.05, 4.69) is 5.10 Å². The van der Waals surface area contributed by atoms with Crippen LogP contribution in [0.3, 0.4) is 0 Å². The third-order valence-electron chi connectivity index (χ3n) is 3.27. The van der Waals surface area contributed by atoms with Crippen molar-refractivity contribution in [3.8, 4) is 0 Å². The van der Waals surface area contributed by atoms with Crippen LogP contribution in [-0.2, 0) is 4.79 Å². The summed E-state index contributed by atoms with van der Waals surface area (Å²) in [4.78, 5) is 10.8. The van der Waals surface area contributed by atoms with E-state index in [9.17, 15) is 4.79 Å². The fourth-order valence-electron chi connectivity index (χ4n) is 2.14. The second-order valence-corrected chi connectivity index (χ2v) is 4.27. The molecule has 2 atom stereocenters. The molecule has 4 nitrogen and oxygen atoms in total. The van der Waals surface area contributed by atoms with E-state index < -0.39 is 5.97 Å². The van der Waals surface area contributed by atoms with Crippen LogP contribution in [0.5, 0.6) is 0 Å². The van der Waals surface area contributed by atoms with Crippen molar-refractivity contribution in [3.05, 3.63) is 0 Å². The molecule has 1 fully saturated rings. The standard InChI is InChI=1S/C9H16N2O2/c1-5(11-10)6-4-7(8(12)13)9(6,2)3/h6-7H,4,10H2,1-3H3,(H,12,13)/b11-5+/t6-,7+/m0/s1. The first-order chi connectivity index (χ1) is 5.91. The van der Waals surface area contributed by atoms with E-state index in [1.807, 2.05) is 20.8 Å². The molecule has 0 radical (unpaired) electrons. The topological polar surface area (TPSA) is 75.7 Å². The van der Waals surface area contributed by atoms with Crippen LogP contribution < -0.4 is 5.84 Å². The maximum Gasteiger partial charge on any atom is 0.307 e. The van der Waals surface area contributed by atoms with Gasteiger partial charge in [0.25, 0.3) is 0 Å². The number of carbonyl (C=O) groups is 1. The Morgan fingerprint density at radius 2 is 2.08 bits per heavy atom. The molecule has 0 aromatic carbocycles. The van der Waals surface area contributed by atoms with Crippen LogP contribution >= 0.6 is 0 Å². The number of nitrogens with zero attached hydrogens (tertiary/aromatic N) is 1. The predicted octanol–water partition coefficient (Wildman–Crippen LogP) is 1.07.